The first-order valence-electron chi connectivity index (χ1n) is 8.04. The highest BCUT2D eigenvalue weighted by Gasteiger charge is 2.11. The van der Waals surface area contributed by atoms with Crippen molar-refractivity contribution in [3.63, 3.8) is 0 Å². The van der Waals surface area contributed by atoms with Crippen LogP contribution in [-0.2, 0) is 4.79 Å². The quantitative estimate of drug-likeness (QED) is 0.608. The molecule has 3 nitrogen and oxygen atoms in total. The summed E-state index contributed by atoms with van der Waals surface area (Å²) < 4.78 is 0.909. The van der Waals surface area contributed by atoms with Gasteiger partial charge in [-0.1, -0.05) is 59.8 Å². The third-order valence-corrected chi connectivity index (χ3v) is 5.84. The lowest BCUT2D eigenvalue weighted by molar-refractivity contribution is -0.113. The molecule has 0 spiro atoms. The monoisotopic (exact) mass is 368 g/mol. The van der Waals surface area contributed by atoms with E-state index in [9.17, 15) is 4.79 Å². The molecule has 0 aliphatic heterocycles. The summed E-state index contributed by atoms with van der Waals surface area (Å²) in [7, 11) is 0. The van der Waals surface area contributed by atoms with Crippen molar-refractivity contribution in [1.82, 2.24) is 4.98 Å². The Morgan fingerprint density at radius 3 is 2.48 bits per heavy atom. The summed E-state index contributed by atoms with van der Waals surface area (Å²) in [5.74, 6) is 0.352. The van der Waals surface area contributed by atoms with Gasteiger partial charge in [-0.3, -0.25) is 4.79 Å². The topological polar surface area (TPSA) is 42.0 Å². The highest BCUT2D eigenvalue weighted by Crippen LogP contribution is 2.28. The van der Waals surface area contributed by atoms with Gasteiger partial charge in [-0.2, -0.15) is 0 Å². The Labute approximate surface area is 156 Å². The molecule has 0 fully saturated rings. The van der Waals surface area contributed by atoms with Crippen LogP contribution in [0.2, 0.25) is 0 Å². The minimum absolute atomic E-state index is 0.00323. The van der Waals surface area contributed by atoms with Gasteiger partial charge in [0.15, 0.2) is 4.34 Å². The molecular formula is C20H20N2OS2. The maximum atomic E-state index is 12.3. The summed E-state index contributed by atoms with van der Waals surface area (Å²) in [6.07, 6.45) is 0. The van der Waals surface area contributed by atoms with E-state index in [-0.39, 0.29) is 5.91 Å². The molecule has 0 bridgehead atoms. The standard InChI is InChI=1S/C20H20N2OS2/c1-13-9-14(2)19(15(3)10-13)22-18(23)12-25-20-21-17(11-24-20)16-7-5-4-6-8-16/h4-11H,12H2,1-3H3,(H,22,23). The van der Waals surface area contributed by atoms with E-state index in [4.69, 9.17) is 0 Å². The fourth-order valence-corrected chi connectivity index (χ4v) is 4.38. The molecular weight excluding hydrogens is 348 g/mol. The highest BCUT2D eigenvalue weighted by atomic mass is 32.2. The van der Waals surface area contributed by atoms with Gasteiger partial charge in [0.05, 0.1) is 11.4 Å². The first-order chi connectivity index (χ1) is 12.0. The lowest BCUT2D eigenvalue weighted by Gasteiger charge is -2.12. The van der Waals surface area contributed by atoms with Crippen LogP contribution in [0.25, 0.3) is 11.3 Å². The summed E-state index contributed by atoms with van der Waals surface area (Å²) in [5.41, 5.74) is 6.37. The molecule has 1 heterocycles. The van der Waals surface area contributed by atoms with E-state index in [0.717, 1.165) is 32.4 Å². The molecule has 0 atom stereocenters. The molecule has 0 saturated carbocycles. The van der Waals surface area contributed by atoms with Crippen molar-refractivity contribution in [3.05, 3.63) is 64.5 Å². The number of hydrogen-bond acceptors (Lipinski definition) is 4. The number of anilines is 1. The second kappa shape index (κ2) is 7.85. The Bertz CT molecular complexity index is 865. The van der Waals surface area contributed by atoms with Crippen molar-refractivity contribution >= 4 is 34.7 Å². The molecule has 0 aliphatic carbocycles. The first-order valence-corrected chi connectivity index (χ1v) is 9.91. The van der Waals surface area contributed by atoms with Gasteiger partial charge in [-0.25, -0.2) is 4.98 Å². The van der Waals surface area contributed by atoms with Gasteiger partial charge in [-0.05, 0) is 31.9 Å². The van der Waals surface area contributed by atoms with Crippen LogP contribution in [0.4, 0.5) is 5.69 Å². The van der Waals surface area contributed by atoms with E-state index in [1.807, 2.05) is 49.6 Å². The third-order valence-electron chi connectivity index (χ3n) is 3.82. The lowest BCUT2D eigenvalue weighted by atomic mass is 10.1. The van der Waals surface area contributed by atoms with E-state index in [1.165, 1.54) is 17.3 Å². The Morgan fingerprint density at radius 1 is 1.12 bits per heavy atom. The maximum absolute atomic E-state index is 12.3. The molecule has 25 heavy (non-hydrogen) atoms. The van der Waals surface area contributed by atoms with Gasteiger partial charge < -0.3 is 5.32 Å². The number of carbonyl (C=O) groups excluding carboxylic acids is 1. The number of aryl methyl sites for hydroxylation is 3. The molecule has 0 saturated heterocycles. The van der Waals surface area contributed by atoms with Crippen LogP contribution in [0, 0.1) is 20.8 Å². The van der Waals surface area contributed by atoms with E-state index in [0.29, 0.717) is 5.75 Å². The minimum Gasteiger partial charge on any atom is -0.325 e. The predicted octanol–water partition coefficient (Wildman–Crippen LogP) is 5.47. The van der Waals surface area contributed by atoms with Crippen molar-refractivity contribution in [2.75, 3.05) is 11.1 Å². The number of rotatable bonds is 5. The van der Waals surface area contributed by atoms with E-state index in [2.05, 4.69) is 29.4 Å². The predicted molar refractivity (Wildman–Crippen MR) is 108 cm³/mol. The molecule has 2 aromatic carbocycles. The number of thiazole rings is 1. The first kappa shape index (κ1) is 17.7. The highest BCUT2D eigenvalue weighted by molar-refractivity contribution is 8.01. The van der Waals surface area contributed by atoms with Gasteiger partial charge in [0.25, 0.3) is 0 Å². The Morgan fingerprint density at radius 2 is 1.80 bits per heavy atom. The average molecular weight is 369 g/mol. The smallest absolute Gasteiger partial charge is 0.234 e. The van der Waals surface area contributed by atoms with Crippen LogP contribution >= 0.6 is 23.1 Å². The minimum atomic E-state index is -0.00323. The van der Waals surface area contributed by atoms with Crippen LogP contribution in [-0.4, -0.2) is 16.6 Å². The van der Waals surface area contributed by atoms with E-state index < -0.39 is 0 Å². The second-order valence-corrected chi connectivity index (χ2v) is 8.06. The van der Waals surface area contributed by atoms with Crippen LogP contribution < -0.4 is 5.32 Å². The molecule has 0 radical (unpaired) electrons. The summed E-state index contributed by atoms with van der Waals surface area (Å²) in [6, 6.07) is 14.2. The fraction of sp³-hybridized carbons (Fsp3) is 0.200. The van der Waals surface area contributed by atoms with Gasteiger partial charge >= 0.3 is 0 Å². The summed E-state index contributed by atoms with van der Waals surface area (Å²) >= 11 is 3.05. The number of aromatic nitrogens is 1. The van der Waals surface area contributed by atoms with E-state index >= 15 is 0 Å². The normalized spacial score (nSPS) is 10.7. The molecule has 1 amide bonds. The fourth-order valence-electron chi connectivity index (χ4n) is 2.75. The molecule has 1 aromatic heterocycles. The van der Waals surface area contributed by atoms with Crippen LogP contribution in [0.15, 0.2) is 52.2 Å². The Balaban J connectivity index is 1.61. The molecule has 0 aliphatic rings. The van der Waals surface area contributed by atoms with Crippen molar-refractivity contribution in [1.29, 1.82) is 0 Å². The number of amides is 1. The van der Waals surface area contributed by atoms with Gasteiger partial charge in [0, 0.05) is 16.6 Å². The zero-order chi connectivity index (χ0) is 17.8. The number of nitrogens with zero attached hydrogens (tertiary/aromatic N) is 1. The lowest BCUT2D eigenvalue weighted by Crippen LogP contribution is -2.15. The van der Waals surface area contributed by atoms with Crippen LogP contribution in [0.3, 0.4) is 0 Å². The van der Waals surface area contributed by atoms with Crippen molar-refractivity contribution in [2.45, 2.75) is 25.1 Å². The third kappa shape index (κ3) is 4.50. The number of carbonyl (C=O) groups is 1. The van der Waals surface area contributed by atoms with Crippen molar-refractivity contribution < 1.29 is 4.79 Å². The average Bonchev–Trinajstić information content (AvgIpc) is 3.06. The molecule has 1 N–H and O–H groups in total. The van der Waals surface area contributed by atoms with Crippen molar-refractivity contribution in [2.24, 2.45) is 0 Å². The second-order valence-electron chi connectivity index (χ2n) is 5.98. The zero-order valence-corrected chi connectivity index (χ0v) is 16.1. The molecule has 3 aromatic rings. The molecule has 5 heteroatoms. The van der Waals surface area contributed by atoms with Gasteiger partial charge in [0.1, 0.15) is 0 Å². The van der Waals surface area contributed by atoms with E-state index in [1.54, 1.807) is 11.3 Å². The number of thioether (sulfide) groups is 1. The van der Waals surface area contributed by atoms with Gasteiger partial charge in [0.2, 0.25) is 5.91 Å². The van der Waals surface area contributed by atoms with Crippen LogP contribution in [0.1, 0.15) is 16.7 Å². The number of benzene rings is 2. The van der Waals surface area contributed by atoms with Gasteiger partial charge in [-0.15, -0.1) is 11.3 Å². The Kier molecular flexibility index (Phi) is 5.56. The summed E-state index contributed by atoms with van der Waals surface area (Å²) in [5, 5.41) is 5.06. The summed E-state index contributed by atoms with van der Waals surface area (Å²) in [4.78, 5) is 16.9. The molecule has 0 unspecified atom stereocenters. The molecule has 128 valence electrons. The van der Waals surface area contributed by atoms with Crippen molar-refractivity contribution in [3.8, 4) is 11.3 Å². The van der Waals surface area contributed by atoms with Crippen LogP contribution in [0.5, 0.6) is 0 Å². The SMILES string of the molecule is Cc1cc(C)c(NC(=O)CSc2nc(-c3ccccc3)cs2)c(C)c1. The Hall–Kier alpha value is -2.11. The number of hydrogen-bond donors (Lipinski definition) is 1. The number of nitrogens with one attached hydrogen (secondary N) is 1. The summed E-state index contributed by atoms with van der Waals surface area (Å²) in [6.45, 7) is 6.11. The maximum Gasteiger partial charge on any atom is 0.234 e. The largest absolute Gasteiger partial charge is 0.325 e. The molecule has 3 rings (SSSR count). The zero-order valence-electron chi connectivity index (χ0n) is 14.5.